The fourth-order valence-electron chi connectivity index (χ4n) is 1.23. The Hall–Kier alpha value is -0.570. The highest BCUT2D eigenvalue weighted by atomic mass is 16.3. The van der Waals surface area contributed by atoms with E-state index < -0.39 is 0 Å². The second-order valence-corrected chi connectivity index (χ2v) is 4.29. The number of nitrogens with one attached hydrogen (secondary N) is 1. The van der Waals surface area contributed by atoms with Gasteiger partial charge in [-0.25, -0.2) is 0 Å². The number of aliphatic hydroxyl groups excluding tert-OH is 1. The highest BCUT2D eigenvalue weighted by molar-refractivity contribution is 5.76. The van der Waals surface area contributed by atoms with Gasteiger partial charge in [0.05, 0.1) is 6.61 Å². The van der Waals surface area contributed by atoms with Gasteiger partial charge >= 0.3 is 0 Å². The Morgan fingerprint density at radius 3 is 2.43 bits per heavy atom. The van der Waals surface area contributed by atoms with E-state index in [0.717, 1.165) is 18.8 Å². The van der Waals surface area contributed by atoms with E-state index in [0.29, 0.717) is 6.42 Å². The molecule has 0 saturated heterocycles. The molecule has 0 fully saturated rings. The standard InChI is InChI=1S/C11H23NO2/c1-9(2)6-4-5-7-11(14)12-10(3)8-13/h9-10,13H,4-8H2,1-3H3,(H,12,14). The summed E-state index contributed by atoms with van der Waals surface area (Å²) in [5.41, 5.74) is 0. The van der Waals surface area contributed by atoms with Crippen LogP contribution in [0.3, 0.4) is 0 Å². The lowest BCUT2D eigenvalue weighted by Crippen LogP contribution is -2.34. The first kappa shape index (κ1) is 13.4. The number of unbranched alkanes of at least 4 members (excludes halogenated alkanes) is 1. The molecule has 0 aromatic rings. The Morgan fingerprint density at radius 1 is 1.29 bits per heavy atom. The third-order valence-electron chi connectivity index (χ3n) is 2.12. The molecule has 0 aliphatic rings. The lowest BCUT2D eigenvalue weighted by Gasteiger charge is -2.10. The van der Waals surface area contributed by atoms with Gasteiger partial charge in [-0.2, -0.15) is 0 Å². The predicted octanol–water partition coefficient (Wildman–Crippen LogP) is 1.70. The van der Waals surface area contributed by atoms with Gasteiger partial charge < -0.3 is 10.4 Å². The van der Waals surface area contributed by atoms with Gasteiger partial charge in [-0.15, -0.1) is 0 Å². The van der Waals surface area contributed by atoms with Crippen LogP contribution in [0.1, 0.15) is 46.5 Å². The third kappa shape index (κ3) is 8.05. The highest BCUT2D eigenvalue weighted by Crippen LogP contribution is 2.07. The van der Waals surface area contributed by atoms with Gasteiger partial charge in [0.15, 0.2) is 0 Å². The number of aliphatic hydroxyl groups is 1. The summed E-state index contributed by atoms with van der Waals surface area (Å²) in [6.07, 6.45) is 3.82. The SMILES string of the molecule is CC(C)CCCCC(=O)NC(C)CO. The number of rotatable bonds is 7. The Balaban J connectivity index is 3.36. The van der Waals surface area contributed by atoms with Crippen molar-refractivity contribution in [3.8, 4) is 0 Å². The lowest BCUT2D eigenvalue weighted by atomic mass is 10.1. The summed E-state index contributed by atoms with van der Waals surface area (Å²) in [7, 11) is 0. The van der Waals surface area contributed by atoms with Gasteiger partial charge in [0, 0.05) is 12.5 Å². The second-order valence-electron chi connectivity index (χ2n) is 4.29. The smallest absolute Gasteiger partial charge is 0.220 e. The predicted molar refractivity (Wildman–Crippen MR) is 58.0 cm³/mol. The Morgan fingerprint density at radius 2 is 1.93 bits per heavy atom. The molecule has 0 heterocycles. The van der Waals surface area contributed by atoms with E-state index in [4.69, 9.17) is 5.11 Å². The maximum absolute atomic E-state index is 11.2. The van der Waals surface area contributed by atoms with Crippen molar-refractivity contribution in [2.75, 3.05) is 6.61 Å². The fourth-order valence-corrected chi connectivity index (χ4v) is 1.23. The summed E-state index contributed by atoms with van der Waals surface area (Å²) in [5, 5.41) is 11.4. The molecule has 1 atom stereocenters. The van der Waals surface area contributed by atoms with Gasteiger partial charge in [0.25, 0.3) is 0 Å². The maximum Gasteiger partial charge on any atom is 0.220 e. The first-order valence-electron chi connectivity index (χ1n) is 5.46. The molecule has 0 bridgehead atoms. The summed E-state index contributed by atoms with van der Waals surface area (Å²) >= 11 is 0. The number of carbonyl (C=O) groups excluding carboxylic acids is 1. The van der Waals surface area contributed by atoms with Crippen molar-refractivity contribution in [2.45, 2.75) is 52.5 Å². The third-order valence-corrected chi connectivity index (χ3v) is 2.12. The van der Waals surface area contributed by atoms with Crippen LogP contribution in [0.5, 0.6) is 0 Å². The van der Waals surface area contributed by atoms with Crippen molar-refractivity contribution >= 4 is 5.91 Å². The molecule has 0 aromatic carbocycles. The molecule has 14 heavy (non-hydrogen) atoms. The van der Waals surface area contributed by atoms with Gasteiger partial charge in [-0.05, 0) is 19.3 Å². The highest BCUT2D eigenvalue weighted by Gasteiger charge is 2.05. The van der Waals surface area contributed by atoms with Crippen LogP contribution in [-0.4, -0.2) is 23.7 Å². The Labute approximate surface area is 86.9 Å². The number of hydrogen-bond donors (Lipinski definition) is 2. The van der Waals surface area contributed by atoms with Crippen LogP contribution in [0.4, 0.5) is 0 Å². The molecule has 1 unspecified atom stereocenters. The van der Waals surface area contributed by atoms with Crippen LogP contribution in [0, 0.1) is 5.92 Å². The minimum Gasteiger partial charge on any atom is -0.394 e. The van der Waals surface area contributed by atoms with Crippen LogP contribution in [0.2, 0.25) is 0 Å². The van der Waals surface area contributed by atoms with Gasteiger partial charge in [-0.1, -0.05) is 26.7 Å². The zero-order valence-corrected chi connectivity index (χ0v) is 9.55. The molecule has 2 N–H and O–H groups in total. The topological polar surface area (TPSA) is 49.3 Å². The van der Waals surface area contributed by atoms with Crippen molar-refractivity contribution in [1.29, 1.82) is 0 Å². The monoisotopic (exact) mass is 201 g/mol. The first-order chi connectivity index (χ1) is 6.56. The van der Waals surface area contributed by atoms with Crippen LogP contribution in [0.25, 0.3) is 0 Å². The number of carbonyl (C=O) groups is 1. The molecule has 0 saturated carbocycles. The average molecular weight is 201 g/mol. The van der Waals surface area contributed by atoms with Crippen molar-refractivity contribution in [2.24, 2.45) is 5.92 Å². The molecule has 0 aliphatic carbocycles. The molecule has 0 rings (SSSR count). The fraction of sp³-hybridized carbons (Fsp3) is 0.909. The average Bonchev–Trinajstić information content (AvgIpc) is 2.12. The lowest BCUT2D eigenvalue weighted by molar-refractivity contribution is -0.122. The summed E-state index contributed by atoms with van der Waals surface area (Å²) in [6.45, 7) is 6.19. The Kier molecular flexibility index (Phi) is 7.48. The van der Waals surface area contributed by atoms with Crippen molar-refractivity contribution in [3.05, 3.63) is 0 Å². The molecule has 0 aromatic heterocycles. The molecular formula is C11H23NO2. The zero-order chi connectivity index (χ0) is 11.0. The van der Waals surface area contributed by atoms with Crippen LogP contribution in [-0.2, 0) is 4.79 Å². The summed E-state index contributed by atoms with van der Waals surface area (Å²) in [6, 6.07) is -0.118. The van der Waals surface area contributed by atoms with Crippen molar-refractivity contribution in [3.63, 3.8) is 0 Å². The molecule has 84 valence electrons. The minimum atomic E-state index is -0.118. The minimum absolute atomic E-state index is 0.0116. The van der Waals surface area contributed by atoms with E-state index in [1.807, 2.05) is 0 Å². The van der Waals surface area contributed by atoms with E-state index in [2.05, 4.69) is 19.2 Å². The van der Waals surface area contributed by atoms with E-state index in [1.165, 1.54) is 6.42 Å². The molecular weight excluding hydrogens is 178 g/mol. The van der Waals surface area contributed by atoms with Crippen LogP contribution in [0.15, 0.2) is 0 Å². The molecule has 0 aliphatic heterocycles. The van der Waals surface area contributed by atoms with E-state index in [-0.39, 0.29) is 18.6 Å². The number of hydrogen-bond acceptors (Lipinski definition) is 2. The van der Waals surface area contributed by atoms with E-state index in [9.17, 15) is 4.79 Å². The Bertz CT molecular complexity index is 157. The van der Waals surface area contributed by atoms with E-state index >= 15 is 0 Å². The normalized spacial score (nSPS) is 12.9. The first-order valence-corrected chi connectivity index (χ1v) is 5.46. The van der Waals surface area contributed by atoms with Gasteiger partial charge in [0.1, 0.15) is 0 Å². The molecule has 1 amide bonds. The van der Waals surface area contributed by atoms with Gasteiger partial charge in [-0.3, -0.25) is 4.79 Å². The summed E-state index contributed by atoms with van der Waals surface area (Å²) < 4.78 is 0. The van der Waals surface area contributed by atoms with E-state index in [1.54, 1.807) is 6.92 Å². The summed E-state index contributed by atoms with van der Waals surface area (Å²) in [5.74, 6) is 0.768. The van der Waals surface area contributed by atoms with Crippen LogP contribution >= 0.6 is 0 Å². The summed E-state index contributed by atoms with van der Waals surface area (Å²) in [4.78, 5) is 11.2. The molecule has 3 nitrogen and oxygen atoms in total. The zero-order valence-electron chi connectivity index (χ0n) is 9.55. The second kappa shape index (κ2) is 7.80. The maximum atomic E-state index is 11.2. The largest absolute Gasteiger partial charge is 0.394 e. The van der Waals surface area contributed by atoms with Gasteiger partial charge in [0.2, 0.25) is 5.91 Å². The molecule has 0 spiro atoms. The quantitative estimate of drug-likeness (QED) is 0.616. The molecule has 3 heteroatoms. The van der Waals surface area contributed by atoms with Crippen molar-refractivity contribution in [1.82, 2.24) is 5.32 Å². The van der Waals surface area contributed by atoms with Crippen molar-refractivity contribution < 1.29 is 9.90 Å². The number of amides is 1. The molecule has 0 radical (unpaired) electrons. The van der Waals surface area contributed by atoms with Crippen LogP contribution < -0.4 is 5.32 Å².